The van der Waals surface area contributed by atoms with Gasteiger partial charge in [-0.1, -0.05) is 13.8 Å². The van der Waals surface area contributed by atoms with Crippen LogP contribution in [0.25, 0.3) is 11.0 Å². The lowest BCUT2D eigenvalue weighted by molar-refractivity contribution is 0.0985. The third kappa shape index (κ3) is 2.46. The fourth-order valence-electron chi connectivity index (χ4n) is 3.57. The van der Waals surface area contributed by atoms with E-state index in [-0.39, 0.29) is 16.9 Å². The van der Waals surface area contributed by atoms with E-state index in [2.05, 4.69) is 38.8 Å². The number of Topliss-reactive ketones (excluding diaryl/α,β-unsaturated/α-hetero) is 1. The summed E-state index contributed by atoms with van der Waals surface area (Å²) >= 11 is 0. The first-order chi connectivity index (χ1) is 10.7. The lowest BCUT2D eigenvalue weighted by Crippen LogP contribution is -2.45. The summed E-state index contributed by atoms with van der Waals surface area (Å²) in [4.78, 5) is 26.2. The monoisotopic (exact) mass is 313 g/mol. The minimum Gasteiger partial charge on any atom is -0.422 e. The van der Waals surface area contributed by atoms with Crippen LogP contribution in [0.5, 0.6) is 0 Å². The van der Waals surface area contributed by atoms with Crippen LogP contribution in [-0.2, 0) is 0 Å². The molecule has 1 aliphatic heterocycles. The molecular formula is C19H23NO3. The van der Waals surface area contributed by atoms with Gasteiger partial charge in [-0.15, -0.1) is 0 Å². The van der Waals surface area contributed by atoms with Gasteiger partial charge in [0.25, 0.3) is 0 Å². The van der Waals surface area contributed by atoms with Crippen LogP contribution >= 0.6 is 0 Å². The van der Waals surface area contributed by atoms with Gasteiger partial charge in [-0.05, 0) is 43.9 Å². The second-order valence-corrected chi connectivity index (χ2v) is 7.15. The molecule has 2 heterocycles. The Morgan fingerprint density at radius 1 is 1.35 bits per heavy atom. The summed E-state index contributed by atoms with van der Waals surface area (Å²) < 4.78 is 5.43. The van der Waals surface area contributed by atoms with E-state index in [9.17, 15) is 9.59 Å². The minimum absolute atomic E-state index is 0.0541. The Hall–Kier alpha value is -2.10. The maximum Gasteiger partial charge on any atom is 0.347 e. The van der Waals surface area contributed by atoms with E-state index in [4.69, 9.17) is 4.42 Å². The van der Waals surface area contributed by atoms with E-state index in [0.29, 0.717) is 17.9 Å². The van der Waals surface area contributed by atoms with Gasteiger partial charge in [-0.3, -0.25) is 4.79 Å². The number of carbonyl (C=O) groups excluding carboxylic acids is 1. The molecule has 4 nitrogen and oxygen atoms in total. The minimum atomic E-state index is -0.546. The SMILES string of the molecule is CCC(=O)c1cc2cc3c(cc2oc1=O)N(C)C(C)(C)C[C@H]3C. The van der Waals surface area contributed by atoms with Crippen molar-refractivity contribution in [2.45, 2.75) is 52.0 Å². The van der Waals surface area contributed by atoms with Crippen molar-refractivity contribution in [3.8, 4) is 0 Å². The first-order valence-electron chi connectivity index (χ1n) is 8.13. The third-order valence-electron chi connectivity index (χ3n) is 5.11. The predicted molar refractivity (Wildman–Crippen MR) is 92.6 cm³/mol. The van der Waals surface area contributed by atoms with Crippen molar-refractivity contribution in [2.75, 3.05) is 11.9 Å². The molecule has 1 atom stereocenters. The molecule has 0 saturated heterocycles. The number of anilines is 1. The fourth-order valence-corrected chi connectivity index (χ4v) is 3.57. The van der Waals surface area contributed by atoms with E-state index in [1.165, 1.54) is 5.56 Å². The lowest BCUT2D eigenvalue weighted by Gasteiger charge is -2.45. The standard InChI is InChI=1S/C19H23NO3/c1-6-16(21)14-8-12-7-13-11(2)10-19(3,4)20(5)15(13)9-17(12)23-18(14)22/h7-9,11H,6,10H2,1-5H3/t11-/m1/s1. The van der Waals surface area contributed by atoms with E-state index in [0.717, 1.165) is 17.5 Å². The van der Waals surface area contributed by atoms with Gasteiger partial charge in [-0.25, -0.2) is 4.79 Å². The zero-order valence-corrected chi connectivity index (χ0v) is 14.4. The van der Waals surface area contributed by atoms with Crippen molar-refractivity contribution in [1.82, 2.24) is 0 Å². The predicted octanol–water partition coefficient (Wildman–Crippen LogP) is 4.11. The van der Waals surface area contributed by atoms with Crippen molar-refractivity contribution in [3.63, 3.8) is 0 Å². The molecule has 1 aromatic carbocycles. The number of ketones is 1. The number of fused-ring (bicyclic) bond motifs is 2. The van der Waals surface area contributed by atoms with Crippen molar-refractivity contribution in [1.29, 1.82) is 0 Å². The molecule has 0 unspecified atom stereocenters. The summed E-state index contributed by atoms with van der Waals surface area (Å²) in [5, 5.41) is 0.820. The Morgan fingerprint density at radius 2 is 2.04 bits per heavy atom. The van der Waals surface area contributed by atoms with Gasteiger partial charge in [0.1, 0.15) is 11.1 Å². The normalized spacial score (nSPS) is 19.7. The topological polar surface area (TPSA) is 50.5 Å². The van der Waals surface area contributed by atoms with Crippen molar-refractivity contribution < 1.29 is 9.21 Å². The number of benzene rings is 1. The summed E-state index contributed by atoms with van der Waals surface area (Å²) in [5.41, 5.74) is 2.53. The highest BCUT2D eigenvalue weighted by Crippen LogP contribution is 2.43. The number of rotatable bonds is 2. The molecule has 1 aromatic heterocycles. The molecule has 2 aromatic rings. The van der Waals surface area contributed by atoms with Crippen LogP contribution in [-0.4, -0.2) is 18.4 Å². The summed E-state index contributed by atoms with van der Waals surface area (Å²) in [6.07, 6.45) is 1.36. The van der Waals surface area contributed by atoms with Gasteiger partial charge in [0.05, 0.1) is 0 Å². The Bertz CT molecular complexity index is 848. The first kappa shape index (κ1) is 15.8. The van der Waals surface area contributed by atoms with Crippen LogP contribution in [0.3, 0.4) is 0 Å². The third-order valence-corrected chi connectivity index (χ3v) is 5.11. The van der Waals surface area contributed by atoms with Crippen molar-refractivity contribution >= 4 is 22.4 Å². The van der Waals surface area contributed by atoms with Crippen LogP contribution in [0.2, 0.25) is 0 Å². The summed E-state index contributed by atoms with van der Waals surface area (Å²) in [5.74, 6) is 0.238. The van der Waals surface area contributed by atoms with Crippen molar-refractivity contribution in [2.24, 2.45) is 0 Å². The lowest BCUT2D eigenvalue weighted by atomic mass is 9.80. The number of carbonyl (C=O) groups is 1. The number of hydrogen-bond acceptors (Lipinski definition) is 4. The Labute approximate surface area is 136 Å². The first-order valence-corrected chi connectivity index (χ1v) is 8.13. The van der Waals surface area contributed by atoms with Crippen molar-refractivity contribution in [3.05, 3.63) is 39.7 Å². The molecule has 0 fully saturated rings. The van der Waals surface area contributed by atoms with Crippen LogP contribution < -0.4 is 10.5 Å². The van der Waals surface area contributed by atoms with Crippen LogP contribution in [0, 0.1) is 0 Å². The zero-order chi connectivity index (χ0) is 16.9. The summed E-state index contributed by atoms with van der Waals surface area (Å²) in [6, 6.07) is 5.68. The molecule has 23 heavy (non-hydrogen) atoms. The molecule has 0 amide bonds. The van der Waals surface area contributed by atoms with Gasteiger partial charge in [0, 0.05) is 36.1 Å². The maximum absolute atomic E-state index is 12.1. The molecule has 122 valence electrons. The highest BCUT2D eigenvalue weighted by molar-refractivity contribution is 5.98. The average Bonchev–Trinajstić information content (AvgIpc) is 2.49. The molecule has 0 radical (unpaired) electrons. The summed E-state index contributed by atoms with van der Waals surface area (Å²) in [6.45, 7) is 8.40. The summed E-state index contributed by atoms with van der Waals surface area (Å²) in [7, 11) is 2.07. The van der Waals surface area contributed by atoms with E-state index >= 15 is 0 Å². The van der Waals surface area contributed by atoms with Gasteiger partial charge >= 0.3 is 5.63 Å². The second-order valence-electron chi connectivity index (χ2n) is 7.15. The average molecular weight is 313 g/mol. The molecule has 0 spiro atoms. The smallest absolute Gasteiger partial charge is 0.347 e. The molecule has 0 N–H and O–H groups in total. The maximum atomic E-state index is 12.1. The zero-order valence-electron chi connectivity index (χ0n) is 14.4. The fraction of sp³-hybridized carbons (Fsp3) is 0.474. The molecule has 1 aliphatic rings. The van der Waals surface area contributed by atoms with Gasteiger partial charge in [-0.2, -0.15) is 0 Å². The Balaban J connectivity index is 2.25. The van der Waals surface area contributed by atoms with E-state index in [1.807, 2.05) is 6.07 Å². The van der Waals surface area contributed by atoms with Crippen LogP contribution in [0.1, 0.15) is 62.4 Å². The molecule has 0 aliphatic carbocycles. The second kappa shape index (κ2) is 5.22. The highest BCUT2D eigenvalue weighted by Gasteiger charge is 2.34. The van der Waals surface area contributed by atoms with Gasteiger partial charge < -0.3 is 9.32 Å². The molecule has 4 heteroatoms. The highest BCUT2D eigenvalue weighted by atomic mass is 16.4. The largest absolute Gasteiger partial charge is 0.422 e. The Kier molecular flexibility index (Phi) is 3.58. The molecular weight excluding hydrogens is 290 g/mol. The number of hydrogen-bond donors (Lipinski definition) is 0. The van der Waals surface area contributed by atoms with Crippen LogP contribution in [0.4, 0.5) is 5.69 Å². The quantitative estimate of drug-likeness (QED) is 0.618. The van der Waals surface area contributed by atoms with E-state index < -0.39 is 5.63 Å². The van der Waals surface area contributed by atoms with Gasteiger partial charge in [0.2, 0.25) is 0 Å². The number of nitrogens with zero attached hydrogens (tertiary/aromatic N) is 1. The Morgan fingerprint density at radius 3 is 2.70 bits per heavy atom. The molecule has 0 bridgehead atoms. The van der Waals surface area contributed by atoms with Gasteiger partial charge in [0.15, 0.2) is 5.78 Å². The molecule has 3 rings (SSSR count). The molecule has 0 saturated carbocycles. The van der Waals surface area contributed by atoms with E-state index in [1.54, 1.807) is 13.0 Å². The van der Waals surface area contributed by atoms with Crippen LogP contribution in [0.15, 0.2) is 27.4 Å².